The minimum absolute atomic E-state index is 0.109. The summed E-state index contributed by atoms with van der Waals surface area (Å²) in [5, 5.41) is 0. The number of hydrogen-bond acceptors (Lipinski definition) is 3. The lowest BCUT2D eigenvalue weighted by Crippen LogP contribution is -2.40. The van der Waals surface area contributed by atoms with Crippen LogP contribution in [0.1, 0.15) is 32.4 Å². The molecule has 2 amide bonds. The quantitative estimate of drug-likeness (QED) is 0.622. The standard InChI is InChI=1S/C18H19NO3/c1-11(12-7-5-4-6-8-12)19-15(20)13-14(16(19)21)18(3)10-9-17(13,2)22-18/h4-11,13-14H,1-3H3/t11-,13+,14+,17-,18-/m1/s1. The van der Waals surface area contributed by atoms with Crippen LogP contribution in [0.2, 0.25) is 0 Å². The van der Waals surface area contributed by atoms with Gasteiger partial charge in [-0.05, 0) is 26.3 Å². The third-order valence-corrected chi connectivity index (χ3v) is 5.43. The summed E-state index contributed by atoms with van der Waals surface area (Å²) in [6.45, 7) is 5.72. The summed E-state index contributed by atoms with van der Waals surface area (Å²) in [7, 11) is 0. The third kappa shape index (κ3) is 1.51. The van der Waals surface area contributed by atoms with Crippen LogP contribution in [-0.2, 0) is 14.3 Å². The van der Waals surface area contributed by atoms with Crippen LogP contribution in [0.4, 0.5) is 0 Å². The van der Waals surface area contributed by atoms with E-state index in [9.17, 15) is 9.59 Å². The second-order valence-corrected chi connectivity index (χ2v) is 6.89. The molecule has 2 bridgehead atoms. The number of imide groups is 1. The Morgan fingerprint density at radius 1 is 1.00 bits per heavy atom. The highest BCUT2D eigenvalue weighted by Crippen LogP contribution is 2.57. The fourth-order valence-electron chi connectivity index (χ4n) is 4.32. The summed E-state index contributed by atoms with van der Waals surface area (Å²) in [6.07, 6.45) is 3.88. The average molecular weight is 297 g/mol. The van der Waals surface area contributed by atoms with Gasteiger partial charge in [0.1, 0.15) is 0 Å². The molecule has 22 heavy (non-hydrogen) atoms. The predicted molar refractivity (Wildman–Crippen MR) is 80.7 cm³/mol. The number of likely N-dealkylation sites (tertiary alicyclic amines) is 1. The number of nitrogens with zero attached hydrogens (tertiary/aromatic N) is 1. The van der Waals surface area contributed by atoms with Gasteiger partial charge in [0.25, 0.3) is 0 Å². The normalized spacial score (nSPS) is 40.4. The third-order valence-electron chi connectivity index (χ3n) is 5.43. The van der Waals surface area contributed by atoms with Gasteiger partial charge in [-0.3, -0.25) is 14.5 Å². The molecule has 3 heterocycles. The first kappa shape index (κ1) is 13.7. The number of rotatable bonds is 2. The van der Waals surface area contributed by atoms with E-state index in [0.29, 0.717) is 0 Å². The van der Waals surface area contributed by atoms with Crippen LogP contribution < -0.4 is 0 Å². The van der Waals surface area contributed by atoms with Gasteiger partial charge in [0.2, 0.25) is 11.8 Å². The van der Waals surface area contributed by atoms with E-state index in [0.717, 1.165) is 5.56 Å². The lowest BCUT2D eigenvalue weighted by Gasteiger charge is -2.29. The molecule has 3 aliphatic rings. The van der Waals surface area contributed by atoms with Gasteiger partial charge >= 0.3 is 0 Å². The van der Waals surface area contributed by atoms with Crippen molar-refractivity contribution in [3.8, 4) is 0 Å². The molecule has 0 radical (unpaired) electrons. The first-order chi connectivity index (χ1) is 10.4. The maximum absolute atomic E-state index is 12.9. The van der Waals surface area contributed by atoms with Gasteiger partial charge in [-0.1, -0.05) is 42.5 Å². The van der Waals surface area contributed by atoms with Crippen LogP contribution in [0.15, 0.2) is 42.5 Å². The van der Waals surface area contributed by atoms with Gasteiger partial charge in [0.15, 0.2) is 0 Å². The fourth-order valence-corrected chi connectivity index (χ4v) is 4.32. The average Bonchev–Trinajstić information content (AvgIpc) is 3.04. The number of carbonyl (C=O) groups excluding carboxylic acids is 2. The van der Waals surface area contributed by atoms with Crippen LogP contribution in [0.3, 0.4) is 0 Å². The number of benzene rings is 1. The summed E-state index contributed by atoms with van der Waals surface area (Å²) in [6, 6.07) is 9.43. The molecule has 0 saturated carbocycles. The smallest absolute Gasteiger partial charge is 0.237 e. The Balaban J connectivity index is 1.74. The summed E-state index contributed by atoms with van der Waals surface area (Å²) >= 11 is 0. The minimum Gasteiger partial charge on any atom is -0.359 e. The largest absolute Gasteiger partial charge is 0.359 e. The molecule has 0 aromatic heterocycles. The van der Waals surface area contributed by atoms with Crippen molar-refractivity contribution in [3.63, 3.8) is 0 Å². The van der Waals surface area contributed by atoms with Crippen molar-refractivity contribution in [3.05, 3.63) is 48.0 Å². The second kappa shape index (κ2) is 4.07. The SMILES string of the molecule is C[C@H](c1ccccc1)N1C(=O)[C@@H]2[C@@H](C1=O)[C@@]1(C)C=C[C@@]2(C)O1. The molecule has 2 saturated heterocycles. The van der Waals surface area contributed by atoms with Crippen LogP contribution >= 0.6 is 0 Å². The molecule has 1 aromatic rings. The van der Waals surface area contributed by atoms with Gasteiger partial charge in [0.05, 0.1) is 29.1 Å². The summed E-state index contributed by atoms with van der Waals surface area (Å²) in [5.41, 5.74) is -0.338. The molecule has 1 aromatic carbocycles. The molecule has 4 nitrogen and oxygen atoms in total. The zero-order valence-electron chi connectivity index (χ0n) is 12.9. The predicted octanol–water partition coefficient (Wildman–Crippen LogP) is 2.47. The Morgan fingerprint density at radius 2 is 1.50 bits per heavy atom. The molecular formula is C18H19NO3. The van der Waals surface area contributed by atoms with Crippen LogP contribution in [0, 0.1) is 11.8 Å². The second-order valence-electron chi connectivity index (χ2n) is 6.89. The van der Waals surface area contributed by atoms with E-state index in [4.69, 9.17) is 4.74 Å². The van der Waals surface area contributed by atoms with Crippen molar-refractivity contribution in [2.24, 2.45) is 11.8 Å². The number of ether oxygens (including phenoxy) is 1. The molecule has 5 atom stereocenters. The van der Waals surface area contributed by atoms with Gasteiger partial charge in [0, 0.05) is 0 Å². The van der Waals surface area contributed by atoms with Crippen LogP contribution in [0.5, 0.6) is 0 Å². The minimum atomic E-state index is -0.655. The van der Waals surface area contributed by atoms with Crippen molar-refractivity contribution < 1.29 is 14.3 Å². The Bertz CT molecular complexity index is 662. The zero-order valence-corrected chi connectivity index (χ0v) is 12.9. The number of amides is 2. The zero-order chi connectivity index (χ0) is 15.7. The topological polar surface area (TPSA) is 46.6 Å². The number of fused-ring (bicyclic) bond motifs is 5. The molecular weight excluding hydrogens is 278 g/mol. The molecule has 0 N–H and O–H groups in total. The summed E-state index contributed by atoms with van der Waals surface area (Å²) < 4.78 is 6.01. The van der Waals surface area contributed by atoms with Crippen molar-refractivity contribution in [2.45, 2.75) is 38.0 Å². The first-order valence-electron chi connectivity index (χ1n) is 7.70. The fraction of sp³-hybridized carbons (Fsp3) is 0.444. The Hall–Kier alpha value is -1.94. The van der Waals surface area contributed by atoms with Crippen molar-refractivity contribution in [2.75, 3.05) is 0 Å². The molecule has 4 rings (SSSR count). The van der Waals surface area contributed by atoms with Gasteiger partial charge in [-0.25, -0.2) is 0 Å². The highest BCUT2D eigenvalue weighted by Gasteiger charge is 2.70. The van der Waals surface area contributed by atoms with Crippen molar-refractivity contribution >= 4 is 11.8 Å². The first-order valence-corrected chi connectivity index (χ1v) is 7.70. The molecule has 0 spiro atoms. The maximum Gasteiger partial charge on any atom is 0.237 e. The summed E-state index contributed by atoms with van der Waals surface area (Å²) in [4.78, 5) is 27.3. The van der Waals surface area contributed by atoms with Gasteiger partial charge < -0.3 is 4.74 Å². The highest BCUT2D eigenvalue weighted by molar-refractivity contribution is 6.08. The lowest BCUT2D eigenvalue weighted by atomic mass is 9.73. The Kier molecular flexibility index (Phi) is 2.54. The number of hydrogen-bond donors (Lipinski definition) is 0. The maximum atomic E-state index is 12.9. The van der Waals surface area contributed by atoms with E-state index in [1.165, 1.54) is 4.90 Å². The number of carbonyl (C=O) groups is 2. The molecule has 0 aliphatic carbocycles. The molecule has 0 unspecified atom stereocenters. The van der Waals surface area contributed by atoms with E-state index in [2.05, 4.69) is 0 Å². The van der Waals surface area contributed by atoms with E-state index < -0.39 is 23.0 Å². The molecule has 3 aliphatic heterocycles. The van der Waals surface area contributed by atoms with Gasteiger partial charge in [-0.2, -0.15) is 0 Å². The lowest BCUT2D eigenvalue weighted by molar-refractivity contribution is -0.148. The van der Waals surface area contributed by atoms with E-state index in [1.807, 2.05) is 63.3 Å². The van der Waals surface area contributed by atoms with Crippen molar-refractivity contribution in [1.82, 2.24) is 4.90 Å². The summed E-state index contributed by atoms with van der Waals surface area (Å²) in [5.74, 6) is -1.02. The Morgan fingerprint density at radius 3 is 2.00 bits per heavy atom. The van der Waals surface area contributed by atoms with Gasteiger partial charge in [-0.15, -0.1) is 0 Å². The van der Waals surface area contributed by atoms with E-state index >= 15 is 0 Å². The molecule has 114 valence electrons. The highest BCUT2D eigenvalue weighted by atomic mass is 16.5. The van der Waals surface area contributed by atoms with Crippen LogP contribution in [-0.4, -0.2) is 27.9 Å². The van der Waals surface area contributed by atoms with E-state index in [1.54, 1.807) is 0 Å². The van der Waals surface area contributed by atoms with Crippen LogP contribution in [0.25, 0.3) is 0 Å². The van der Waals surface area contributed by atoms with Crippen molar-refractivity contribution in [1.29, 1.82) is 0 Å². The van der Waals surface area contributed by atoms with E-state index in [-0.39, 0.29) is 17.9 Å². The molecule has 4 heteroatoms. The Labute approximate surface area is 129 Å². The monoisotopic (exact) mass is 297 g/mol. The molecule has 2 fully saturated rings.